The molecule has 1 aliphatic rings. The molecule has 1 aromatic carbocycles. The Balaban J connectivity index is 0.00000208. The number of halogens is 1. The number of rotatable bonds is 6. The fourth-order valence-electron chi connectivity index (χ4n) is 2.98. The maximum absolute atomic E-state index is 4.68. The molecular weight excluding hydrogens is 411 g/mol. The Labute approximate surface area is 161 Å². The molecule has 1 saturated carbocycles. The summed E-state index contributed by atoms with van der Waals surface area (Å²) in [6.07, 6.45) is 5.44. The minimum atomic E-state index is 0. The summed E-state index contributed by atoms with van der Waals surface area (Å²) in [5.74, 6) is 2.34. The monoisotopic (exact) mass is 438 g/mol. The molecule has 0 saturated heterocycles. The van der Waals surface area contributed by atoms with Crippen molar-refractivity contribution >= 4 is 29.9 Å². The SMILES string of the molecule is CCNC(=NCc1ccn(C)c1)NCC1CC1c1ccccc1.I. The van der Waals surface area contributed by atoms with Crippen molar-refractivity contribution in [3.05, 3.63) is 59.9 Å². The van der Waals surface area contributed by atoms with E-state index in [0.29, 0.717) is 12.5 Å². The summed E-state index contributed by atoms with van der Waals surface area (Å²) in [4.78, 5) is 4.68. The molecule has 2 N–H and O–H groups in total. The first-order valence-corrected chi connectivity index (χ1v) is 8.44. The summed E-state index contributed by atoms with van der Waals surface area (Å²) < 4.78 is 2.06. The second-order valence-corrected chi connectivity index (χ2v) is 6.27. The van der Waals surface area contributed by atoms with Crippen molar-refractivity contribution in [1.82, 2.24) is 15.2 Å². The lowest BCUT2D eigenvalue weighted by Crippen LogP contribution is -2.38. The molecular formula is C19H27IN4. The van der Waals surface area contributed by atoms with Crippen molar-refractivity contribution in [2.24, 2.45) is 18.0 Å². The van der Waals surface area contributed by atoms with Crippen LogP contribution in [-0.2, 0) is 13.6 Å². The molecule has 0 bridgehead atoms. The summed E-state index contributed by atoms with van der Waals surface area (Å²) >= 11 is 0. The molecule has 2 aromatic rings. The lowest BCUT2D eigenvalue weighted by Gasteiger charge is -2.11. The van der Waals surface area contributed by atoms with Gasteiger partial charge in [-0.15, -0.1) is 24.0 Å². The van der Waals surface area contributed by atoms with Crippen LogP contribution < -0.4 is 10.6 Å². The highest BCUT2D eigenvalue weighted by Gasteiger charge is 2.37. The summed E-state index contributed by atoms with van der Waals surface area (Å²) in [5.41, 5.74) is 2.70. The van der Waals surface area contributed by atoms with Crippen LogP contribution >= 0.6 is 24.0 Å². The van der Waals surface area contributed by atoms with E-state index in [0.717, 1.165) is 25.0 Å². The number of aromatic nitrogens is 1. The zero-order valence-corrected chi connectivity index (χ0v) is 16.7. The minimum Gasteiger partial charge on any atom is -0.357 e. The maximum Gasteiger partial charge on any atom is 0.191 e. The van der Waals surface area contributed by atoms with Gasteiger partial charge in [0.2, 0.25) is 0 Å². The fourth-order valence-corrected chi connectivity index (χ4v) is 2.98. The molecule has 0 radical (unpaired) electrons. The highest BCUT2D eigenvalue weighted by atomic mass is 127. The van der Waals surface area contributed by atoms with Gasteiger partial charge in [-0.1, -0.05) is 30.3 Å². The summed E-state index contributed by atoms with van der Waals surface area (Å²) in [6.45, 7) is 4.68. The van der Waals surface area contributed by atoms with Gasteiger partial charge < -0.3 is 15.2 Å². The van der Waals surface area contributed by atoms with E-state index in [4.69, 9.17) is 0 Å². The van der Waals surface area contributed by atoms with Gasteiger partial charge in [0.05, 0.1) is 6.54 Å². The average molecular weight is 438 g/mol. The molecule has 5 heteroatoms. The summed E-state index contributed by atoms with van der Waals surface area (Å²) in [6, 6.07) is 12.9. The first-order chi connectivity index (χ1) is 11.3. The first kappa shape index (κ1) is 18.8. The zero-order valence-electron chi connectivity index (χ0n) is 14.4. The van der Waals surface area contributed by atoms with Crippen LogP contribution in [-0.4, -0.2) is 23.6 Å². The Kier molecular flexibility index (Phi) is 7.15. The van der Waals surface area contributed by atoms with Crippen LogP contribution in [0.3, 0.4) is 0 Å². The predicted octanol–water partition coefficient (Wildman–Crippen LogP) is 3.50. The van der Waals surface area contributed by atoms with Gasteiger partial charge in [0.15, 0.2) is 5.96 Å². The highest BCUT2D eigenvalue weighted by molar-refractivity contribution is 14.0. The lowest BCUT2D eigenvalue weighted by atomic mass is 10.1. The van der Waals surface area contributed by atoms with Crippen molar-refractivity contribution in [2.75, 3.05) is 13.1 Å². The molecule has 0 spiro atoms. The van der Waals surface area contributed by atoms with Crippen LogP contribution in [0.5, 0.6) is 0 Å². The molecule has 1 aliphatic carbocycles. The fraction of sp³-hybridized carbons (Fsp3) is 0.421. The Morgan fingerprint density at radius 2 is 2.00 bits per heavy atom. The third kappa shape index (κ3) is 5.26. The molecule has 1 aromatic heterocycles. The van der Waals surface area contributed by atoms with Gasteiger partial charge in [0.1, 0.15) is 0 Å². The topological polar surface area (TPSA) is 41.4 Å². The normalized spacial score (nSPS) is 19.5. The van der Waals surface area contributed by atoms with Crippen molar-refractivity contribution in [1.29, 1.82) is 0 Å². The molecule has 24 heavy (non-hydrogen) atoms. The molecule has 1 heterocycles. The van der Waals surface area contributed by atoms with Gasteiger partial charge in [0, 0.05) is 32.5 Å². The summed E-state index contributed by atoms with van der Waals surface area (Å²) in [7, 11) is 2.04. The van der Waals surface area contributed by atoms with Crippen molar-refractivity contribution < 1.29 is 0 Å². The van der Waals surface area contributed by atoms with Crippen molar-refractivity contribution in [2.45, 2.75) is 25.8 Å². The quantitative estimate of drug-likeness (QED) is 0.412. The van der Waals surface area contributed by atoms with E-state index in [1.54, 1.807) is 0 Å². The van der Waals surface area contributed by atoms with Gasteiger partial charge in [0.25, 0.3) is 0 Å². The predicted molar refractivity (Wildman–Crippen MR) is 111 cm³/mol. The standard InChI is InChI=1S/C19H26N4.HI/c1-3-20-19(21-12-15-9-10-23(2)14-15)22-13-17-11-18(17)16-7-5-4-6-8-16;/h4-10,14,17-18H,3,11-13H2,1-2H3,(H2,20,21,22);1H. The van der Waals surface area contributed by atoms with Gasteiger partial charge in [-0.05, 0) is 42.4 Å². The van der Waals surface area contributed by atoms with E-state index in [1.165, 1.54) is 17.5 Å². The van der Waals surface area contributed by atoms with Crippen LogP contribution in [0.2, 0.25) is 0 Å². The molecule has 0 amide bonds. The maximum atomic E-state index is 4.68. The van der Waals surface area contributed by atoms with Crippen LogP contribution in [0.1, 0.15) is 30.4 Å². The van der Waals surface area contributed by atoms with Crippen LogP contribution in [0.25, 0.3) is 0 Å². The number of hydrogen-bond donors (Lipinski definition) is 2. The minimum absolute atomic E-state index is 0. The Morgan fingerprint density at radius 3 is 2.67 bits per heavy atom. The van der Waals surface area contributed by atoms with Crippen molar-refractivity contribution in [3.8, 4) is 0 Å². The third-order valence-electron chi connectivity index (χ3n) is 4.34. The largest absolute Gasteiger partial charge is 0.357 e. The lowest BCUT2D eigenvalue weighted by molar-refractivity contribution is 0.720. The van der Waals surface area contributed by atoms with Crippen LogP contribution in [0.4, 0.5) is 0 Å². The number of guanidine groups is 1. The van der Waals surface area contributed by atoms with E-state index < -0.39 is 0 Å². The third-order valence-corrected chi connectivity index (χ3v) is 4.34. The number of nitrogens with zero attached hydrogens (tertiary/aromatic N) is 2. The zero-order chi connectivity index (χ0) is 16.1. The van der Waals surface area contributed by atoms with E-state index >= 15 is 0 Å². The number of aryl methyl sites for hydroxylation is 1. The van der Waals surface area contributed by atoms with E-state index in [1.807, 2.05) is 7.05 Å². The van der Waals surface area contributed by atoms with E-state index in [-0.39, 0.29) is 24.0 Å². The van der Waals surface area contributed by atoms with Crippen molar-refractivity contribution in [3.63, 3.8) is 0 Å². The highest BCUT2D eigenvalue weighted by Crippen LogP contribution is 2.46. The van der Waals surface area contributed by atoms with Gasteiger partial charge in [-0.2, -0.15) is 0 Å². The molecule has 2 atom stereocenters. The molecule has 130 valence electrons. The molecule has 4 nitrogen and oxygen atoms in total. The van der Waals surface area contributed by atoms with Crippen LogP contribution in [0, 0.1) is 5.92 Å². The number of benzene rings is 1. The number of hydrogen-bond acceptors (Lipinski definition) is 1. The molecule has 0 aliphatic heterocycles. The van der Waals surface area contributed by atoms with Crippen LogP contribution in [0.15, 0.2) is 53.8 Å². The Hall–Kier alpha value is -1.50. The number of aliphatic imine (C=N–C) groups is 1. The first-order valence-electron chi connectivity index (χ1n) is 8.44. The second kappa shape index (κ2) is 9.11. The molecule has 1 fully saturated rings. The second-order valence-electron chi connectivity index (χ2n) is 6.27. The number of nitrogens with one attached hydrogen (secondary N) is 2. The van der Waals surface area contributed by atoms with Gasteiger partial charge in [-0.25, -0.2) is 4.99 Å². The average Bonchev–Trinajstić information content (AvgIpc) is 3.24. The summed E-state index contributed by atoms with van der Waals surface area (Å²) in [5, 5.41) is 6.82. The Bertz CT molecular complexity index is 650. The van der Waals surface area contributed by atoms with Gasteiger partial charge >= 0.3 is 0 Å². The van der Waals surface area contributed by atoms with E-state index in [2.05, 4.69) is 75.9 Å². The smallest absolute Gasteiger partial charge is 0.191 e. The van der Waals surface area contributed by atoms with E-state index in [9.17, 15) is 0 Å². The Morgan fingerprint density at radius 1 is 1.21 bits per heavy atom. The van der Waals surface area contributed by atoms with Gasteiger partial charge in [-0.3, -0.25) is 0 Å². The molecule has 3 rings (SSSR count). The molecule has 2 unspecified atom stereocenters.